The maximum atomic E-state index is 10.8. The van der Waals surface area contributed by atoms with Crippen molar-refractivity contribution in [2.45, 2.75) is 45.6 Å². The number of rotatable bonds is 3. The molecule has 11 heavy (non-hydrogen) atoms. The Bertz CT molecular complexity index is 142. The molecule has 0 saturated carbocycles. The lowest BCUT2D eigenvalue weighted by molar-refractivity contribution is -0.141. The molecule has 0 aromatic rings. The van der Waals surface area contributed by atoms with Crippen molar-refractivity contribution in [3.63, 3.8) is 0 Å². The summed E-state index contributed by atoms with van der Waals surface area (Å²) in [6.45, 7) is 4.24. The summed E-state index contributed by atoms with van der Waals surface area (Å²) in [7, 11) is 0. The number of ether oxygens (including phenoxy) is 1. The standard InChI is InChI=1S/C9H16O2/c1-3-4-5-8-7(2)6-9(10)11-8/h7-8H,3-6H2,1-2H3/t7-,8-/m0/s1. The maximum Gasteiger partial charge on any atom is 0.306 e. The van der Waals surface area contributed by atoms with Gasteiger partial charge in [-0.05, 0) is 6.42 Å². The highest BCUT2D eigenvalue weighted by Crippen LogP contribution is 2.25. The highest BCUT2D eigenvalue weighted by molar-refractivity contribution is 5.71. The van der Waals surface area contributed by atoms with E-state index in [1.165, 1.54) is 12.8 Å². The molecular formula is C9H16O2. The fraction of sp³-hybridized carbons (Fsp3) is 0.889. The summed E-state index contributed by atoms with van der Waals surface area (Å²) in [6, 6.07) is 0. The second-order valence-electron chi connectivity index (χ2n) is 3.35. The molecule has 2 heteroatoms. The summed E-state index contributed by atoms with van der Waals surface area (Å²) >= 11 is 0. The Kier molecular flexibility index (Phi) is 2.92. The van der Waals surface area contributed by atoms with E-state index in [9.17, 15) is 4.79 Å². The second kappa shape index (κ2) is 3.74. The normalized spacial score (nSPS) is 30.5. The summed E-state index contributed by atoms with van der Waals surface area (Å²) in [4.78, 5) is 10.8. The van der Waals surface area contributed by atoms with Gasteiger partial charge in [-0.1, -0.05) is 26.7 Å². The molecule has 0 amide bonds. The third-order valence-corrected chi connectivity index (χ3v) is 2.25. The molecule has 1 aliphatic rings. The van der Waals surface area contributed by atoms with Gasteiger partial charge in [-0.2, -0.15) is 0 Å². The fourth-order valence-electron chi connectivity index (χ4n) is 1.48. The van der Waals surface area contributed by atoms with E-state index in [4.69, 9.17) is 4.74 Å². The molecule has 1 aliphatic heterocycles. The minimum absolute atomic E-state index is 0.0152. The highest BCUT2D eigenvalue weighted by Gasteiger charge is 2.30. The first-order valence-corrected chi connectivity index (χ1v) is 4.43. The van der Waals surface area contributed by atoms with Crippen molar-refractivity contribution in [3.05, 3.63) is 0 Å². The van der Waals surface area contributed by atoms with Crippen molar-refractivity contribution in [1.82, 2.24) is 0 Å². The predicted octanol–water partition coefficient (Wildman–Crippen LogP) is 2.13. The molecule has 1 fully saturated rings. The quantitative estimate of drug-likeness (QED) is 0.585. The SMILES string of the molecule is CCCC[C@@H]1OC(=O)C[C@@H]1C. The number of hydrogen-bond acceptors (Lipinski definition) is 2. The van der Waals surface area contributed by atoms with E-state index in [0.717, 1.165) is 6.42 Å². The predicted molar refractivity (Wildman–Crippen MR) is 43.2 cm³/mol. The summed E-state index contributed by atoms with van der Waals surface area (Å²) in [6.07, 6.45) is 4.23. The Balaban J connectivity index is 2.28. The number of carbonyl (C=O) groups is 1. The van der Waals surface area contributed by atoms with Crippen LogP contribution in [0, 0.1) is 5.92 Å². The topological polar surface area (TPSA) is 26.3 Å². The van der Waals surface area contributed by atoms with Gasteiger partial charge in [-0.25, -0.2) is 0 Å². The van der Waals surface area contributed by atoms with Gasteiger partial charge >= 0.3 is 5.97 Å². The van der Waals surface area contributed by atoms with E-state index in [2.05, 4.69) is 13.8 Å². The maximum absolute atomic E-state index is 10.8. The molecule has 0 aliphatic carbocycles. The van der Waals surface area contributed by atoms with Gasteiger partial charge < -0.3 is 4.74 Å². The lowest BCUT2D eigenvalue weighted by Gasteiger charge is -2.11. The fourth-order valence-corrected chi connectivity index (χ4v) is 1.48. The zero-order valence-electron chi connectivity index (χ0n) is 7.30. The molecule has 0 spiro atoms. The molecule has 64 valence electrons. The van der Waals surface area contributed by atoms with E-state index in [1.54, 1.807) is 0 Å². The lowest BCUT2D eigenvalue weighted by Crippen LogP contribution is -2.12. The zero-order valence-corrected chi connectivity index (χ0v) is 7.30. The highest BCUT2D eigenvalue weighted by atomic mass is 16.5. The largest absolute Gasteiger partial charge is 0.462 e. The number of cyclic esters (lactones) is 1. The van der Waals surface area contributed by atoms with Gasteiger partial charge in [-0.3, -0.25) is 4.79 Å². The molecule has 0 unspecified atom stereocenters. The van der Waals surface area contributed by atoms with Crippen LogP contribution in [-0.2, 0) is 9.53 Å². The van der Waals surface area contributed by atoms with Crippen molar-refractivity contribution in [2.24, 2.45) is 5.92 Å². The Labute approximate surface area is 67.9 Å². The van der Waals surface area contributed by atoms with Gasteiger partial charge in [-0.15, -0.1) is 0 Å². The molecule has 0 radical (unpaired) electrons. The van der Waals surface area contributed by atoms with Crippen LogP contribution in [0.5, 0.6) is 0 Å². The molecular weight excluding hydrogens is 140 g/mol. The van der Waals surface area contributed by atoms with Crippen molar-refractivity contribution < 1.29 is 9.53 Å². The Morgan fingerprint density at radius 2 is 2.36 bits per heavy atom. The van der Waals surface area contributed by atoms with E-state index in [0.29, 0.717) is 12.3 Å². The van der Waals surface area contributed by atoms with Crippen LogP contribution in [0.15, 0.2) is 0 Å². The summed E-state index contributed by atoms with van der Waals surface area (Å²) in [5.41, 5.74) is 0. The molecule has 0 aromatic carbocycles. The molecule has 2 atom stereocenters. The number of unbranched alkanes of at least 4 members (excludes halogenated alkanes) is 1. The van der Waals surface area contributed by atoms with Crippen LogP contribution < -0.4 is 0 Å². The van der Waals surface area contributed by atoms with Crippen molar-refractivity contribution in [1.29, 1.82) is 0 Å². The molecule has 0 bridgehead atoms. The smallest absolute Gasteiger partial charge is 0.306 e. The number of esters is 1. The van der Waals surface area contributed by atoms with E-state index >= 15 is 0 Å². The van der Waals surface area contributed by atoms with Gasteiger partial charge in [0.2, 0.25) is 0 Å². The summed E-state index contributed by atoms with van der Waals surface area (Å²) in [5, 5.41) is 0. The first-order chi connectivity index (χ1) is 5.24. The summed E-state index contributed by atoms with van der Waals surface area (Å²) in [5.74, 6) is 0.424. The van der Waals surface area contributed by atoms with Crippen molar-refractivity contribution >= 4 is 5.97 Å². The Morgan fingerprint density at radius 1 is 1.64 bits per heavy atom. The average Bonchev–Trinajstić information content (AvgIpc) is 2.26. The molecule has 0 N–H and O–H groups in total. The van der Waals surface area contributed by atoms with Crippen LogP contribution in [0.2, 0.25) is 0 Å². The lowest BCUT2D eigenvalue weighted by atomic mass is 9.99. The molecule has 1 rings (SSSR count). The van der Waals surface area contributed by atoms with Gasteiger partial charge in [0.05, 0.1) is 6.42 Å². The van der Waals surface area contributed by atoms with Gasteiger partial charge in [0.1, 0.15) is 6.10 Å². The van der Waals surface area contributed by atoms with Gasteiger partial charge in [0, 0.05) is 5.92 Å². The molecule has 1 saturated heterocycles. The second-order valence-corrected chi connectivity index (χ2v) is 3.35. The van der Waals surface area contributed by atoms with Gasteiger partial charge in [0.15, 0.2) is 0 Å². The van der Waals surface area contributed by atoms with Gasteiger partial charge in [0.25, 0.3) is 0 Å². The zero-order chi connectivity index (χ0) is 8.27. The van der Waals surface area contributed by atoms with E-state index in [1.807, 2.05) is 0 Å². The van der Waals surface area contributed by atoms with Crippen LogP contribution in [0.25, 0.3) is 0 Å². The van der Waals surface area contributed by atoms with Crippen LogP contribution >= 0.6 is 0 Å². The van der Waals surface area contributed by atoms with E-state index < -0.39 is 0 Å². The number of carbonyl (C=O) groups excluding carboxylic acids is 1. The van der Waals surface area contributed by atoms with Crippen LogP contribution in [0.3, 0.4) is 0 Å². The first kappa shape index (κ1) is 8.57. The van der Waals surface area contributed by atoms with Crippen LogP contribution in [0.1, 0.15) is 39.5 Å². The summed E-state index contributed by atoms with van der Waals surface area (Å²) < 4.78 is 5.14. The first-order valence-electron chi connectivity index (χ1n) is 4.43. The average molecular weight is 156 g/mol. The third kappa shape index (κ3) is 2.21. The number of hydrogen-bond donors (Lipinski definition) is 0. The van der Waals surface area contributed by atoms with Crippen LogP contribution in [-0.4, -0.2) is 12.1 Å². The van der Waals surface area contributed by atoms with Crippen LogP contribution in [0.4, 0.5) is 0 Å². The third-order valence-electron chi connectivity index (χ3n) is 2.25. The Morgan fingerprint density at radius 3 is 2.82 bits per heavy atom. The monoisotopic (exact) mass is 156 g/mol. The molecule has 0 aromatic heterocycles. The minimum atomic E-state index is -0.0152. The minimum Gasteiger partial charge on any atom is -0.462 e. The van der Waals surface area contributed by atoms with Crippen molar-refractivity contribution in [2.75, 3.05) is 0 Å². The van der Waals surface area contributed by atoms with E-state index in [-0.39, 0.29) is 12.1 Å². The Hall–Kier alpha value is -0.530. The molecule has 1 heterocycles. The molecule has 2 nitrogen and oxygen atoms in total. The van der Waals surface area contributed by atoms with Crippen molar-refractivity contribution in [3.8, 4) is 0 Å².